The third kappa shape index (κ3) is 1.56. The minimum absolute atomic E-state index is 0.157. The van der Waals surface area contributed by atoms with Gasteiger partial charge in [0.15, 0.2) is 0 Å². The van der Waals surface area contributed by atoms with E-state index in [1.54, 1.807) is 0 Å². The summed E-state index contributed by atoms with van der Waals surface area (Å²) in [7, 11) is 3.84. The van der Waals surface area contributed by atoms with E-state index in [2.05, 4.69) is 23.1 Å². The summed E-state index contributed by atoms with van der Waals surface area (Å²) in [5.74, 6) is 0. The fourth-order valence-corrected chi connectivity index (χ4v) is 1.13. The van der Waals surface area contributed by atoms with Crippen molar-refractivity contribution in [1.82, 2.24) is 15.1 Å². The van der Waals surface area contributed by atoms with Gasteiger partial charge in [0, 0.05) is 12.7 Å². The number of nitrogens with one attached hydrogen (secondary N) is 1. The second-order valence-corrected chi connectivity index (χ2v) is 2.84. The van der Waals surface area contributed by atoms with Gasteiger partial charge in [0.2, 0.25) is 0 Å². The van der Waals surface area contributed by atoms with Crippen LogP contribution in [0.25, 0.3) is 0 Å². The summed E-state index contributed by atoms with van der Waals surface area (Å²) < 4.78 is 1.86. The van der Waals surface area contributed by atoms with Crippen molar-refractivity contribution < 1.29 is 0 Å². The smallest absolute Gasteiger partial charge is 0.0835 e. The van der Waals surface area contributed by atoms with E-state index in [0.717, 1.165) is 11.4 Å². The molecule has 0 fully saturated rings. The van der Waals surface area contributed by atoms with Gasteiger partial charge in [-0.3, -0.25) is 4.68 Å². The number of likely N-dealkylation sites (N-methyl/N-ethyl adjacent to an activating group) is 1. The van der Waals surface area contributed by atoms with Crippen LogP contribution in [0.5, 0.6) is 0 Å². The monoisotopic (exact) mass is 165 g/mol. The zero-order chi connectivity index (χ0) is 9.14. The summed E-state index contributed by atoms with van der Waals surface area (Å²) in [6.07, 6.45) is 1.85. The Bertz CT molecular complexity index is 256. The van der Waals surface area contributed by atoms with Gasteiger partial charge in [-0.1, -0.05) is 6.08 Å². The van der Waals surface area contributed by atoms with Crippen molar-refractivity contribution in [2.75, 3.05) is 7.05 Å². The van der Waals surface area contributed by atoms with Crippen LogP contribution in [-0.2, 0) is 7.05 Å². The highest BCUT2D eigenvalue weighted by Crippen LogP contribution is 2.12. The predicted molar refractivity (Wildman–Crippen MR) is 49.9 cm³/mol. The van der Waals surface area contributed by atoms with E-state index in [9.17, 15) is 0 Å². The highest BCUT2D eigenvalue weighted by atomic mass is 15.3. The first kappa shape index (κ1) is 9.00. The molecule has 12 heavy (non-hydrogen) atoms. The summed E-state index contributed by atoms with van der Waals surface area (Å²) in [6, 6.07) is 2.22. The van der Waals surface area contributed by atoms with E-state index >= 15 is 0 Å². The highest BCUT2D eigenvalue weighted by Gasteiger charge is 2.08. The number of nitrogens with zero attached hydrogens (tertiary/aromatic N) is 2. The lowest BCUT2D eigenvalue weighted by molar-refractivity contribution is 0.653. The van der Waals surface area contributed by atoms with Crippen molar-refractivity contribution >= 4 is 0 Å². The molecule has 66 valence electrons. The molecule has 3 nitrogen and oxygen atoms in total. The molecule has 3 heteroatoms. The molecule has 0 bridgehead atoms. The van der Waals surface area contributed by atoms with Crippen LogP contribution in [0.2, 0.25) is 0 Å². The Morgan fingerprint density at radius 3 is 2.75 bits per heavy atom. The number of aryl methyl sites for hydroxylation is 2. The summed E-state index contributed by atoms with van der Waals surface area (Å²) in [4.78, 5) is 0. The number of hydrogen-bond acceptors (Lipinski definition) is 2. The molecule has 0 aliphatic carbocycles. The van der Waals surface area contributed by atoms with E-state index in [4.69, 9.17) is 0 Å². The summed E-state index contributed by atoms with van der Waals surface area (Å²) in [6.45, 7) is 5.77. The van der Waals surface area contributed by atoms with Crippen molar-refractivity contribution in [3.05, 3.63) is 30.1 Å². The Labute approximate surface area is 73.1 Å². The lowest BCUT2D eigenvalue weighted by Gasteiger charge is -2.06. The molecular weight excluding hydrogens is 150 g/mol. The second-order valence-electron chi connectivity index (χ2n) is 2.84. The first-order chi connectivity index (χ1) is 5.69. The van der Waals surface area contributed by atoms with Crippen LogP contribution in [0.3, 0.4) is 0 Å². The Morgan fingerprint density at radius 1 is 1.75 bits per heavy atom. The molecule has 1 aromatic heterocycles. The Balaban J connectivity index is 2.94. The molecule has 1 atom stereocenters. The first-order valence-corrected chi connectivity index (χ1v) is 3.99. The van der Waals surface area contributed by atoms with Gasteiger partial charge in [-0.25, -0.2) is 0 Å². The maximum Gasteiger partial charge on any atom is 0.0835 e. The van der Waals surface area contributed by atoms with E-state index in [0.29, 0.717) is 0 Å². The standard InChI is InChI=1S/C9H15N3/c1-5-8(10-3)9-6-7(2)12(4)11-9/h5-6,8,10H,1H2,2-4H3. The molecule has 0 amide bonds. The topological polar surface area (TPSA) is 29.9 Å². The molecule has 0 radical (unpaired) electrons. The minimum atomic E-state index is 0.157. The van der Waals surface area contributed by atoms with Crippen LogP contribution in [0.1, 0.15) is 17.4 Å². The normalized spacial score (nSPS) is 12.9. The molecule has 1 heterocycles. The van der Waals surface area contributed by atoms with E-state index in [1.165, 1.54) is 0 Å². The maximum absolute atomic E-state index is 4.34. The van der Waals surface area contributed by atoms with Gasteiger partial charge in [0.05, 0.1) is 11.7 Å². The van der Waals surface area contributed by atoms with Gasteiger partial charge >= 0.3 is 0 Å². The fraction of sp³-hybridized carbons (Fsp3) is 0.444. The fourth-order valence-electron chi connectivity index (χ4n) is 1.13. The average molecular weight is 165 g/mol. The summed E-state index contributed by atoms with van der Waals surface area (Å²) >= 11 is 0. The van der Waals surface area contributed by atoms with Crippen LogP contribution < -0.4 is 5.32 Å². The van der Waals surface area contributed by atoms with Crippen molar-refractivity contribution in [1.29, 1.82) is 0 Å². The lowest BCUT2D eigenvalue weighted by Crippen LogP contribution is -2.14. The van der Waals surface area contributed by atoms with Gasteiger partial charge in [-0.05, 0) is 20.0 Å². The zero-order valence-electron chi connectivity index (χ0n) is 7.83. The predicted octanol–water partition coefficient (Wildman–Crippen LogP) is 1.18. The van der Waals surface area contributed by atoms with Gasteiger partial charge in [-0.2, -0.15) is 5.10 Å². The summed E-state index contributed by atoms with van der Waals surface area (Å²) in [5, 5.41) is 7.45. The zero-order valence-corrected chi connectivity index (χ0v) is 7.83. The molecule has 0 spiro atoms. The van der Waals surface area contributed by atoms with Gasteiger partial charge in [-0.15, -0.1) is 6.58 Å². The largest absolute Gasteiger partial charge is 0.308 e. The number of rotatable bonds is 3. The Kier molecular flexibility index (Phi) is 2.65. The summed E-state index contributed by atoms with van der Waals surface area (Å²) in [5.41, 5.74) is 2.18. The van der Waals surface area contributed by atoms with Crippen molar-refractivity contribution in [3.8, 4) is 0 Å². The Hall–Kier alpha value is -1.09. The molecule has 0 saturated heterocycles. The number of aromatic nitrogens is 2. The molecule has 1 unspecified atom stereocenters. The van der Waals surface area contributed by atoms with Crippen molar-refractivity contribution in [2.24, 2.45) is 7.05 Å². The van der Waals surface area contributed by atoms with Crippen LogP contribution in [0, 0.1) is 6.92 Å². The molecule has 0 aliphatic rings. The van der Waals surface area contributed by atoms with Gasteiger partial charge < -0.3 is 5.32 Å². The van der Waals surface area contributed by atoms with Gasteiger partial charge in [0.25, 0.3) is 0 Å². The molecular formula is C9H15N3. The van der Waals surface area contributed by atoms with Crippen LogP contribution in [-0.4, -0.2) is 16.8 Å². The average Bonchev–Trinajstić information content (AvgIpc) is 2.35. The molecule has 1 rings (SSSR count). The van der Waals surface area contributed by atoms with E-state index < -0.39 is 0 Å². The second kappa shape index (κ2) is 3.54. The Morgan fingerprint density at radius 2 is 2.42 bits per heavy atom. The molecule has 0 aromatic carbocycles. The van der Waals surface area contributed by atoms with Crippen molar-refractivity contribution in [3.63, 3.8) is 0 Å². The van der Waals surface area contributed by atoms with Crippen LogP contribution in [0.4, 0.5) is 0 Å². The molecule has 1 aromatic rings. The first-order valence-electron chi connectivity index (χ1n) is 3.99. The SMILES string of the molecule is C=CC(NC)c1cc(C)n(C)n1. The van der Waals surface area contributed by atoms with Crippen LogP contribution in [0.15, 0.2) is 18.7 Å². The highest BCUT2D eigenvalue weighted by molar-refractivity contribution is 5.16. The number of hydrogen-bond donors (Lipinski definition) is 1. The maximum atomic E-state index is 4.34. The molecule has 1 N–H and O–H groups in total. The van der Waals surface area contributed by atoms with Crippen LogP contribution >= 0.6 is 0 Å². The quantitative estimate of drug-likeness (QED) is 0.681. The minimum Gasteiger partial charge on any atom is -0.308 e. The van der Waals surface area contributed by atoms with E-state index in [1.807, 2.05) is 31.8 Å². The molecule has 0 saturated carbocycles. The third-order valence-electron chi connectivity index (χ3n) is 2.00. The molecule has 0 aliphatic heterocycles. The lowest BCUT2D eigenvalue weighted by atomic mass is 10.2. The third-order valence-corrected chi connectivity index (χ3v) is 2.00. The van der Waals surface area contributed by atoms with Gasteiger partial charge in [0.1, 0.15) is 0 Å². The van der Waals surface area contributed by atoms with Crippen molar-refractivity contribution in [2.45, 2.75) is 13.0 Å². The van der Waals surface area contributed by atoms with E-state index in [-0.39, 0.29) is 6.04 Å².